The van der Waals surface area contributed by atoms with Crippen LogP contribution in [0, 0.1) is 5.92 Å². The Morgan fingerprint density at radius 2 is 1.13 bits per heavy atom. The van der Waals surface area contributed by atoms with Crippen molar-refractivity contribution in [3.05, 3.63) is 102 Å². The van der Waals surface area contributed by atoms with E-state index in [0.717, 1.165) is 43.3 Å². The van der Waals surface area contributed by atoms with Crippen molar-refractivity contribution in [2.75, 3.05) is 39.6 Å². The van der Waals surface area contributed by atoms with Gasteiger partial charge in [-0.3, -0.25) is 0 Å². The lowest BCUT2D eigenvalue weighted by molar-refractivity contribution is -0.0152. The Hall–Kier alpha value is -3.36. The van der Waals surface area contributed by atoms with Crippen LogP contribution in [0.4, 0.5) is 0 Å². The second kappa shape index (κ2) is 14.2. The zero-order chi connectivity index (χ0) is 32.1. The van der Waals surface area contributed by atoms with E-state index in [1.54, 1.807) is 0 Å². The van der Waals surface area contributed by atoms with Crippen molar-refractivity contribution in [1.29, 1.82) is 0 Å². The Morgan fingerprint density at radius 3 is 1.59 bits per heavy atom. The SMILES string of the molecule is CC(C)(c1ccc(OCC(O)COC2C=CC(C(C)(C)c3ccc(OCC4CO4)cc3)CC2)cc1)c1ccc(OCC2CO2)cc1. The lowest BCUT2D eigenvalue weighted by Gasteiger charge is -2.36. The van der Waals surface area contributed by atoms with Crippen LogP contribution in [0.5, 0.6) is 17.2 Å². The van der Waals surface area contributed by atoms with Crippen LogP contribution >= 0.6 is 0 Å². The highest BCUT2D eigenvalue weighted by molar-refractivity contribution is 5.42. The first-order valence-corrected chi connectivity index (χ1v) is 16.6. The van der Waals surface area contributed by atoms with Gasteiger partial charge in [-0.1, -0.05) is 76.2 Å². The molecule has 3 aromatic rings. The zero-order valence-corrected chi connectivity index (χ0v) is 27.5. The summed E-state index contributed by atoms with van der Waals surface area (Å²) < 4.78 is 34.0. The first kappa shape index (κ1) is 32.6. The molecule has 246 valence electrons. The molecule has 0 aromatic heterocycles. The monoisotopic (exact) mass is 628 g/mol. The van der Waals surface area contributed by atoms with Crippen molar-refractivity contribution in [2.24, 2.45) is 5.92 Å². The summed E-state index contributed by atoms with van der Waals surface area (Å²) in [5.74, 6) is 2.87. The van der Waals surface area contributed by atoms with Gasteiger partial charge >= 0.3 is 0 Å². The standard InChI is InChI=1S/C39H48O7/c1-38(2,29-9-17-34(18-10-29)43-23-36-25-45-36)27-5-13-32(14-6-27)41-21-31(40)22-42-33-15-7-28(8-16-33)39(3,4)30-11-19-35(20-12-30)44-24-37-26-46-37/h5-7,9-15,17-20,28,31,33,36-37,40H,8,16,21-26H2,1-4H3. The van der Waals surface area contributed by atoms with Crippen molar-refractivity contribution in [3.8, 4) is 17.2 Å². The number of epoxide rings is 2. The van der Waals surface area contributed by atoms with Gasteiger partial charge in [-0.25, -0.2) is 0 Å². The van der Waals surface area contributed by atoms with Gasteiger partial charge in [-0.2, -0.15) is 0 Å². The summed E-state index contributed by atoms with van der Waals surface area (Å²) in [4.78, 5) is 0. The average Bonchev–Trinajstić information content (AvgIpc) is 4.01. The Balaban J connectivity index is 0.924. The number of aliphatic hydroxyl groups excluding tert-OH is 1. The maximum absolute atomic E-state index is 10.6. The van der Waals surface area contributed by atoms with Crippen LogP contribution in [-0.2, 0) is 25.0 Å². The smallest absolute Gasteiger partial charge is 0.119 e. The van der Waals surface area contributed by atoms with Crippen molar-refractivity contribution in [2.45, 2.75) is 75.8 Å². The molecule has 0 amide bonds. The highest BCUT2D eigenvalue weighted by Crippen LogP contribution is 2.39. The largest absolute Gasteiger partial charge is 0.491 e. The van der Waals surface area contributed by atoms with Crippen molar-refractivity contribution in [3.63, 3.8) is 0 Å². The summed E-state index contributed by atoms with van der Waals surface area (Å²) in [7, 11) is 0. The Bertz CT molecular complexity index is 1420. The molecule has 2 aliphatic heterocycles. The van der Waals surface area contributed by atoms with Crippen LogP contribution < -0.4 is 14.2 Å². The Labute approximate surface area is 273 Å². The highest BCUT2D eigenvalue weighted by atomic mass is 16.6. The second-order valence-corrected chi connectivity index (χ2v) is 13.9. The van der Waals surface area contributed by atoms with Gasteiger partial charge in [0.15, 0.2) is 0 Å². The van der Waals surface area contributed by atoms with E-state index < -0.39 is 6.10 Å². The van der Waals surface area contributed by atoms with Gasteiger partial charge < -0.3 is 33.5 Å². The van der Waals surface area contributed by atoms with Crippen molar-refractivity contribution in [1.82, 2.24) is 0 Å². The third kappa shape index (κ3) is 8.51. The molecule has 6 rings (SSSR count). The summed E-state index contributed by atoms with van der Waals surface area (Å²) in [6, 6.07) is 24.8. The highest BCUT2D eigenvalue weighted by Gasteiger charge is 2.32. The summed E-state index contributed by atoms with van der Waals surface area (Å²) >= 11 is 0. The number of ether oxygens (including phenoxy) is 6. The van der Waals surface area contributed by atoms with Crippen LogP contribution in [0.2, 0.25) is 0 Å². The third-order valence-electron chi connectivity index (χ3n) is 9.62. The van der Waals surface area contributed by atoms with E-state index in [0.29, 0.717) is 19.1 Å². The molecule has 2 fully saturated rings. The normalized spacial score (nSPS) is 23.1. The lowest BCUT2D eigenvalue weighted by atomic mass is 9.69. The van der Waals surface area contributed by atoms with Gasteiger partial charge in [0.1, 0.15) is 55.4 Å². The first-order chi connectivity index (χ1) is 22.2. The Kier molecular flexibility index (Phi) is 10.0. The van der Waals surface area contributed by atoms with Gasteiger partial charge in [0, 0.05) is 5.41 Å². The molecule has 7 nitrogen and oxygen atoms in total. The van der Waals surface area contributed by atoms with Gasteiger partial charge in [-0.05, 0) is 77.3 Å². The molecule has 0 spiro atoms. The van der Waals surface area contributed by atoms with E-state index in [-0.39, 0.29) is 42.4 Å². The molecule has 0 bridgehead atoms. The zero-order valence-electron chi connectivity index (χ0n) is 27.5. The molecule has 3 aromatic carbocycles. The molecule has 3 aliphatic rings. The molecule has 1 N–H and O–H groups in total. The number of hydrogen-bond acceptors (Lipinski definition) is 7. The summed E-state index contributed by atoms with van der Waals surface area (Å²) in [5, 5.41) is 10.6. The minimum Gasteiger partial charge on any atom is -0.491 e. The third-order valence-corrected chi connectivity index (χ3v) is 9.62. The molecular weight excluding hydrogens is 580 g/mol. The maximum atomic E-state index is 10.6. The van der Waals surface area contributed by atoms with Gasteiger partial charge in [0.25, 0.3) is 0 Å². The van der Waals surface area contributed by atoms with E-state index in [1.165, 1.54) is 16.7 Å². The van der Waals surface area contributed by atoms with E-state index >= 15 is 0 Å². The fraction of sp³-hybridized carbons (Fsp3) is 0.487. The molecule has 1 aliphatic carbocycles. The molecule has 2 heterocycles. The molecule has 2 saturated heterocycles. The van der Waals surface area contributed by atoms with E-state index in [4.69, 9.17) is 28.4 Å². The molecule has 5 atom stereocenters. The van der Waals surface area contributed by atoms with Crippen LogP contribution in [0.1, 0.15) is 57.2 Å². The van der Waals surface area contributed by atoms with Gasteiger partial charge in [0.05, 0.1) is 25.9 Å². The van der Waals surface area contributed by atoms with E-state index in [1.807, 2.05) is 24.3 Å². The predicted octanol–water partition coefficient (Wildman–Crippen LogP) is 6.64. The summed E-state index contributed by atoms with van der Waals surface area (Å²) in [6.45, 7) is 12.2. The number of hydrogen-bond donors (Lipinski definition) is 1. The molecule has 0 radical (unpaired) electrons. The van der Waals surface area contributed by atoms with Crippen molar-refractivity contribution >= 4 is 0 Å². The van der Waals surface area contributed by atoms with Crippen LogP contribution in [0.3, 0.4) is 0 Å². The maximum Gasteiger partial charge on any atom is 0.119 e. The minimum atomic E-state index is -0.710. The average molecular weight is 629 g/mol. The lowest BCUT2D eigenvalue weighted by Crippen LogP contribution is -2.32. The van der Waals surface area contributed by atoms with Crippen LogP contribution in [0.25, 0.3) is 0 Å². The summed E-state index contributed by atoms with van der Waals surface area (Å²) in [6.07, 6.45) is 6.16. The van der Waals surface area contributed by atoms with E-state index in [9.17, 15) is 5.11 Å². The molecular formula is C39H48O7. The molecule has 0 saturated carbocycles. The molecule has 46 heavy (non-hydrogen) atoms. The van der Waals surface area contributed by atoms with Crippen LogP contribution in [-0.4, -0.2) is 69.2 Å². The van der Waals surface area contributed by atoms with Gasteiger partial charge in [-0.15, -0.1) is 0 Å². The fourth-order valence-electron chi connectivity index (χ4n) is 6.01. The van der Waals surface area contributed by atoms with E-state index in [2.05, 4.69) is 88.4 Å². The number of aliphatic hydroxyl groups is 1. The molecule has 7 heteroatoms. The summed E-state index contributed by atoms with van der Waals surface area (Å²) in [5.41, 5.74) is 3.48. The first-order valence-electron chi connectivity index (χ1n) is 16.6. The number of benzene rings is 3. The minimum absolute atomic E-state index is 0.00326. The molecule has 5 unspecified atom stereocenters. The fourth-order valence-corrected chi connectivity index (χ4v) is 6.01. The van der Waals surface area contributed by atoms with Crippen LogP contribution in [0.15, 0.2) is 84.9 Å². The van der Waals surface area contributed by atoms with Crippen molar-refractivity contribution < 1.29 is 33.5 Å². The number of allylic oxidation sites excluding steroid dienone is 1. The topological polar surface area (TPSA) is 82.2 Å². The predicted molar refractivity (Wildman–Crippen MR) is 178 cm³/mol. The van der Waals surface area contributed by atoms with Gasteiger partial charge in [0.2, 0.25) is 0 Å². The Morgan fingerprint density at radius 1 is 0.652 bits per heavy atom. The quantitative estimate of drug-likeness (QED) is 0.141. The number of rotatable bonds is 16. The second-order valence-electron chi connectivity index (χ2n) is 13.9.